The molecule has 2 atom stereocenters. The van der Waals surface area contributed by atoms with Crippen molar-refractivity contribution in [1.29, 1.82) is 0 Å². The zero-order valence-electron chi connectivity index (χ0n) is 41.4. The molecule has 0 aliphatic heterocycles. The number of unbranched alkanes of at least 4 members (excludes halogenated alkanes) is 13. The molecule has 3 N–H and O–H groups in total. The fraction of sp³-hybridized carbons (Fsp3) is 0.607. The number of carbonyl (C=O) groups is 2. The quantitative estimate of drug-likeness (QED) is 0.0265. The Hall–Kier alpha value is -3.59. The van der Waals surface area contributed by atoms with Crippen LogP contribution in [0.3, 0.4) is 0 Å². The number of hydrogen-bond donors (Lipinski definition) is 2. The van der Waals surface area contributed by atoms with E-state index in [2.05, 4.69) is 135 Å². The zero-order chi connectivity index (χ0) is 48.1. The van der Waals surface area contributed by atoms with Gasteiger partial charge in [-0.1, -0.05) is 206 Å². The van der Waals surface area contributed by atoms with Crippen molar-refractivity contribution >= 4 is 19.8 Å². The fourth-order valence-corrected chi connectivity index (χ4v) is 7.13. The van der Waals surface area contributed by atoms with E-state index in [9.17, 15) is 19.0 Å². The highest BCUT2D eigenvalue weighted by Gasteiger charge is 2.26. The molecule has 0 saturated carbocycles. The van der Waals surface area contributed by atoms with E-state index < -0.39 is 32.5 Å². The topological polar surface area (TPSA) is 134 Å². The molecule has 0 spiro atoms. The Morgan fingerprint density at radius 1 is 0.470 bits per heavy atom. The number of hydrogen-bond acceptors (Lipinski definition) is 8. The number of nitrogens with two attached hydrogens (primary N) is 1. The van der Waals surface area contributed by atoms with Crippen molar-refractivity contribution in [2.24, 2.45) is 5.73 Å². The third kappa shape index (κ3) is 49.8. The number of allylic oxidation sites excluding steroid dienone is 20. The highest BCUT2D eigenvalue weighted by Crippen LogP contribution is 2.43. The number of rotatable bonds is 46. The molecule has 0 rings (SSSR count). The van der Waals surface area contributed by atoms with Crippen LogP contribution in [0.15, 0.2) is 122 Å². The van der Waals surface area contributed by atoms with Gasteiger partial charge in [-0.25, -0.2) is 4.57 Å². The van der Waals surface area contributed by atoms with Gasteiger partial charge >= 0.3 is 19.8 Å². The van der Waals surface area contributed by atoms with Gasteiger partial charge in [0.1, 0.15) is 6.61 Å². The molecule has 0 bridgehead atoms. The van der Waals surface area contributed by atoms with Crippen molar-refractivity contribution in [2.45, 2.75) is 193 Å². The molecule has 66 heavy (non-hydrogen) atoms. The molecule has 0 aromatic carbocycles. The first kappa shape index (κ1) is 62.4. The molecule has 0 radical (unpaired) electrons. The first-order valence-electron chi connectivity index (χ1n) is 25.5. The van der Waals surface area contributed by atoms with Crippen LogP contribution in [0.2, 0.25) is 0 Å². The molecule has 0 aliphatic carbocycles. The van der Waals surface area contributed by atoms with Crippen LogP contribution in [0.4, 0.5) is 0 Å². The van der Waals surface area contributed by atoms with Crippen LogP contribution in [0.1, 0.15) is 187 Å². The predicted molar refractivity (Wildman–Crippen MR) is 279 cm³/mol. The summed E-state index contributed by atoms with van der Waals surface area (Å²) in [6, 6.07) is 0. The number of esters is 2. The molecule has 0 aromatic rings. The Morgan fingerprint density at radius 3 is 1.24 bits per heavy atom. The van der Waals surface area contributed by atoms with Gasteiger partial charge in [0.05, 0.1) is 13.2 Å². The van der Waals surface area contributed by atoms with E-state index in [1.54, 1.807) is 0 Å². The van der Waals surface area contributed by atoms with E-state index >= 15 is 0 Å². The number of carbonyl (C=O) groups excluding carboxylic acids is 2. The summed E-state index contributed by atoms with van der Waals surface area (Å²) in [4.78, 5) is 34.9. The molecule has 0 aromatic heterocycles. The van der Waals surface area contributed by atoms with Gasteiger partial charge in [-0.2, -0.15) is 0 Å². The van der Waals surface area contributed by atoms with Crippen LogP contribution >= 0.6 is 7.82 Å². The standard InChI is InChI=1S/C56H92NO8P/c1-3-5-7-9-11-13-15-17-18-19-20-21-22-23-24-25-26-27-28-29-30-31-32-33-34-35-36-37-39-41-43-45-47-49-56(59)65-54(53-64-66(60,61)63-51-50-57)52-62-55(58)48-46-44-42-40-38-16-14-12-10-8-6-4-2/h5,7,11,13,17-18,20-21,23-24,26-27,29-30,32-33,35-36,39,41,54H,3-4,6,8-10,12,14-16,19,22,25,28,31,34,37-38,40,42-53,57H2,1-2H3,(H,60,61)/b7-5-,13-11-,18-17-,21-20-,24-23-,27-26-,30-29-,33-32-,36-35-,41-39-. The molecular weight excluding hydrogens is 846 g/mol. The van der Waals surface area contributed by atoms with E-state index in [-0.39, 0.29) is 32.6 Å². The Kier molecular flexibility index (Phi) is 48.1. The maximum atomic E-state index is 12.6. The zero-order valence-corrected chi connectivity index (χ0v) is 42.3. The predicted octanol–water partition coefficient (Wildman–Crippen LogP) is 15.7. The van der Waals surface area contributed by atoms with Crippen molar-refractivity contribution in [3.8, 4) is 0 Å². The minimum atomic E-state index is -4.40. The van der Waals surface area contributed by atoms with Crippen LogP contribution in [0.25, 0.3) is 0 Å². The second-order valence-electron chi connectivity index (χ2n) is 16.3. The van der Waals surface area contributed by atoms with Gasteiger partial charge < -0.3 is 20.1 Å². The molecule has 0 heterocycles. The number of ether oxygens (including phenoxy) is 2. The molecule has 0 amide bonds. The van der Waals surface area contributed by atoms with Crippen molar-refractivity contribution < 1.29 is 37.6 Å². The number of phosphoric acid groups is 1. The largest absolute Gasteiger partial charge is 0.472 e. The van der Waals surface area contributed by atoms with Gasteiger partial charge in [-0.15, -0.1) is 0 Å². The summed E-state index contributed by atoms with van der Waals surface area (Å²) in [5, 5.41) is 0. The van der Waals surface area contributed by atoms with Crippen LogP contribution in [-0.4, -0.2) is 49.3 Å². The normalized spacial score (nSPS) is 14.2. The van der Waals surface area contributed by atoms with Gasteiger partial charge in [-0.3, -0.25) is 18.6 Å². The van der Waals surface area contributed by atoms with E-state index in [4.69, 9.17) is 24.3 Å². The van der Waals surface area contributed by atoms with Crippen molar-refractivity contribution in [1.82, 2.24) is 0 Å². The number of phosphoric ester groups is 1. The Bertz CT molecular complexity index is 1490. The third-order valence-corrected chi connectivity index (χ3v) is 11.1. The van der Waals surface area contributed by atoms with Crippen LogP contribution in [0, 0.1) is 0 Å². The van der Waals surface area contributed by atoms with Gasteiger partial charge in [-0.05, 0) is 89.9 Å². The summed E-state index contributed by atoms with van der Waals surface area (Å²) in [5.74, 6) is -0.888. The molecule has 374 valence electrons. The first-order valence-corrected chi connectivity index (χ1v) is 27.0. The molecule has 0 saturated heterocycles. The summed E-state index contributed by atoms with van der Waals surface area (Å²) in [5.41, 5.74) is 5.35. The lowest BCUT2D eigenvalue weighted by Crippen LogP contribution is -2.29. The summed E-state index contributed by atoms with van der Waals surface area (Å²) in [6.07, 6.45) is 69.6. The van der Waals surface area contributed by atoms with Gasteiger partial charge in [0, 0.05) is 19.4 Å². The second-order valence-corrected chi connectivity index (χ2v) is 17.8. The van der Waals surface area contributed by atoms with Crippen molar-refractivity contribution in [3.05, 3.63) is 122 Å². The van der Waals surface area contributed by atoms with Crippen LogP contribution in [-0.2, 0) is 32.7 Å². The summed E-state index contributed by atoms with van der Waals surface area (Å²) >= 11 is 0. The lowest BCUT2D eigenvalue weighted by Gasteiger charge is -2.19. The Balaban J connectivity index is 4.15. The lowest BCUT2D eigenvalue weighted by molar-refractivity contribution is -0.161. The SMILES string of the molecule is CC/C=C\C/C=C\C/C=C\C/C=C\C/C=C\C/C=C\C/C=C\C/C=C\C/C=C\C/C=C\CCCCC(=O)OC(COC(=O)CCCCCCCCCCCCCC)COP(=O)(O)OCCN. The third-order valence-electron chi connectivity index (χ3n) is 10.1. The molecule has 0 aliphatic rings. The molecule has 2 unspecified atom stereocenters. The monoisotopic (exact) mass is 938 g/mol. The summed E-state index contributed by atoms with van der Waals surface area (Å²) in [7, 11) is -4.40. The highest BCUT2D eigenvalue weighted by molar-refractivity contribution is 7.47. The molecular formula is C56H92NO8P. The Morgan fingerprint density at radius 2 is 0.833 bits per heavy atom. The van der Waals surface area contributed by atoms with Gasteiger partial charge in [0.15, 0.2) is 6.10 Å². The maximum Gasteiger partial charge on any atom is 0.472 e. The fourth-order valence-electron chi connectivity index (χ4n) is 6.37. The average molecular weight is 938 g/mol. The first-order chi connectivity index (χ1) is 32.3. The lowest BCUT2D eigenvalue weighted by atomic mass is 10.0. The summed E-state index contributed by atoms with van der Waals surface area (Å²) in [6.45, 7) is 3.54. The molecule has 9 nitrogen and oxygen atoms in total. The summed E-state index contributed by atoms with van der Waals surface area (Å²) < 4.78 is 32.8. The highest BCUT2D eigenvalue weighted by atomic mass is 31.2. The van der Waals surface area contributed by atoms with E-state index in [0.717, 1.165) is 96.3 Å². The minimum absolute atomic E-state index is 0.0405. The van der Waals surface area contributed by atoms with Crippen LogP contribution < -0.4 is 5.73 Å². The van der Waals surface area contributed by atoms with E-state index in [0.29, 0.717) is 6.42 Å². The average Bonchev–Trinajstić information content (AvgIpc) is 3.31. The maximum absolute atomic E-state index is 12.6. The Labute approximate surface area is 402 Å². The van der Waals surface area contributed by atoms with E-state index in [1.807, 2.05) is 0 Å². The second kappa shape index (κ2) is 50.8. The minimum Gasteiger partial charge on any atom is -0.462 e. The van der Waals surface area contributed by atoms with Crippen molar-refractivity contribution in [3.63, 3.8) is 0 Å². The molecule has 0 fully saturated rings. The van der Waals surface area contributed by atoms with Crippen LogP contribution in [0.5, 0.6) is 0 Å². The van der Waals surface area contributed by atoms with Gasteiger partial charge in [0.25, 0.3) is 0 Å². The van der Waals surface area contributed by atoms with Crippen molar-refractivity contribution in [2.75, 3.05) is 26.4 Å². The van der Waals surface area contributed by atoms with E-state index in [1.165, 1.54) is 57.8 Å². The smallest absolute Gasteiger partial charge is 0.462 e. The molecule has 10 heteroatoms. The van der Waals surface area contributed by atoms with Gasteiger partial charge in [0.2, 0.25) is 0 Å².